The van der Waals surface area contributed by atoms with Crippen LogP contribution in [0.25, 0.3) is 11.1 Å². The lowest BCUT2D eigenvalue weighted by Gasteiger charge is -2.12. The monoisotopic (exact) mass is 443 g/mol. The fourth-order valence-electron chi connectivity index (χ4n) is 2.71. The zero-order valence-corrected chi connectivity index (χ0v) is 18.2. The zero-order chi connectivity index (χ0) is 23.0. The number of aromatic carboxylic acids is 1. The molecule has 0 aliphatic rings. The number of hydrogen-bond acceptors (Lipinski definition) is 3. The molecule has 0 saturated carbocycles. The lowest BCUT2D eigenvalue weighted by molar-refractivity contribution is 0.0692. The first kappa shape index (κ1) is 23.9. The van der Waals surface area contributed by atoms with Crippen LogP contribution in [-0.4, -0.2) is 24.1 Å². The highest BCUT2D eigenvalue weighted by molar-refractivity contribution is 6.34. The molecule has 3 rings (SSSR count). The highest BCUT2D eigenvalue weighted by Crippen LogP contribution is 2.33. The van der Waals surface area contributed by atoms with Crippen molar-refractivity contribution in [2.45, 2.75) is 20.3 Å². The van der Waals surface area contributed by atoms with Crippen LogP contribution in [0.3, 0.4) is 0 Å². The molecule has 0 spiro atoms. The van der Waals surface area contributed by atoms with Crippen LogP contribution in [0, 0.1) is 5.82 Å². The summed E-state index contributed by atoms with van der Waals surface area (Å²) in [5, 5.41) is 11.5. The number of anilines is 1. The molecule has 0 heterocycles. The summed E-state index contributed by atoms with van der Waals surface area (Å²) in [6.07, 6.45) is 1.25. The van der Waals surface area contributed by atoms with Gasteiger partial charge in [-0.3, -0.25) is 4.79 Å². The Morgan fingerprint density at radius 2 is 1.65 bits per heavy atom. The quantitative estimate of drug-likeness (QED) is 0.470. The highest BCUT2D eigenvalue weighted by Gasteiger charge is 2.19. The van der Waals surface area contributed by atoms with Gasteiger partial charge in [0, 0.05) is 0 Å². The van der Waals surface area contributed by atoms with Gasteiger partial charge in [0.15, 0.2) is 0 Å². The van der Waals surface area contributed by atoms with E-state index in [1.54, 1.807) is 24.3 Å². The molecule has 1 amide bonds. The Hall–Kier alpha value is -3.38. The van der Waals surface area contributed by atoms with Gasteiger partial charge in [0.25, 0.3) is 5.91 Å². The molecule has 0 atom stereocenters. The van der Waals surface area contributed by atoms with Gasteiger partial charge in [-0.05, 0) is 47.5 Å². The van der Waals surface area contributed by atoms with Gasteiger partial charge in [-0.1, -0.05) is 56.1 Å². The zero-order valence-electron chi connectivity index (χ0n) is 17.4. The maximum absolute atomic E-state index is 14.7. The summed E-state index contributed by atoms with van der Waals surface area (Å²) in [6.45, 7) is 4.25. The molecule has 0 aliphatic heterocycles. The molecule has 7 heteroatoms. The maximum atomic E-state index is 14.7. The Balaban J connectivity index is 0.00000107. The minimum absolute atomic E-state index is 0.0148. The number of carboxylic acids is 1. The van der Waals surface area contributed by atoms with Crippen molar-refractivity contribution >= 4 is 29.2 Å². The molecule has 5 nitrogen and oxygen atoms in total. The first-order valence-electron chi connectivity index (χ1n) is 9.59. The van der Waals surface area contributed by atoms with Crippen molar-refractivity contribution in [3.05, 3.63) is 82.6 Å². The van der Waals surface area contributed by atoms with Crippen molar-refractivity contribution in [2.75, 3.05) is 12.4 Å². The molecular weight excluding hydrogens is 421 g/mol. The first-order chi connectivity index (χ1) is 14.8. The van der Waals surface area contributed by atoms with Crippen LogP contribution >= 0.6 is 11.6 Å². The van der Waals surface area contributed by atoms with E-state index in [2.05, 4.69) is 19.2 Å². The predicted molar refractivity (Wildman–Crippen MR) is 121 cm³/mol. The number of methoxy groups -OCH3 is 1. The van der Waals surface area contributed by atoms with Gasteiger partial charge >= 0.3 is 5.97 Å². The molecular formula is C24H23ClFNO4. The second kappa shape index (κ2) is 11.1. The molecule has 3 aromatic rings. The maximum Gasteiger partial charge on any atom is 0.336 e. The van der Waals surface area contributed by atoms with Crippen molar-refractivity contribution < 1.29 is 23.8 Å². The summed E-state index contributed by atoms with van der Waals surface area (Å²) in [7, 11) is 1.53. The van der Waals surface area contributed by atoms with Crippen molar-refractivity contribution in [3.8, 4) is 16.9 Å². The van der Waals surface area contributed by atoms with Crippen molar-refractivity contribution in [1.82, 2.24) is 0 Å². The molecule has 2 N–H and O–H groups in total. The smallest absolute Gasteiger partial charge is 0.336 e. The van der Waals surface area contributed by atoms with Gasteiger partial charge in [0.2, 0.25) is 0 Å². The Kier molecular flexibility index (Phi) is 8.58. The Morgan fingerprint density at radius 1 is 1.00 bits per heavy atom. The molecule has 0 fully saturated rings. The van der Waals surface area contributed by atoms with Crippen LogP contribution < -0.4 is 10.1 Å². The fourth-order valence-corrected chi connectivity index (χ4v) is 2.97. The second-order valence-electron chi connectivity index (χ2n) is 6.56. The number of halogens is 2. The molecule has 0 aliphatic carbocycles. The van der Waals surface area contributed by atoms with Crippen molar-refractivity contribution in [3.63, 3.8) is 0 Å². The van der Waals surface area contributed by atoms with Gasteiger partial charge in [0.05, 0.1) is 28.9 Å². The van der Waals surface area contributed by atoms with Crippen molar-refractivity contribution in [1.29, 1.82) is 0 Å². The summed E-state index contributed by atoms with van der Waals surface area (Å²) >= 11 is 6.19. The summed E-state index contributed by atoms with van der Waals surface area (Å²) in [6, 6.07) is 15.4. The molecule has 162 valence electrons. The number of carbonyl (C=O) groups excluding carboxylic acids is 1. The third-order valence-corrected chi connectivity index (χ3v) is 4.38. The normalized spacial score (nSPS) is 9.97. The van der Waals surface area contributed by atoms with Gasteiger partial charge in [-0.15, -0.1) is 0 Å². The van der Waals surface area contributed by atoms with Gasteiger partial charge in [-0.2, -0.15) is 0 Å². The molecule has 31 heavy (non-hydrogen) atoms. The van der Waals surface area contributed by atoms with E-state index < -0.39 is 17.7 Å². The van der Waals surface area contributed by atoms with Crippen LogP contribution in [0.4, 0.5) is 10.1 Å². The average molecular weight is 444 g/mol. The van der Waals surface area contributed by atoms with E-state index in [0.717, 1.165) is 0 Å². The summed E-state index contributed by atoms with van der Waals surface area (Å²) in [5.74, 6) is -2.17. The van der Waals surface area contributed by atoms with E-state index in [1.165, 1.54) is 49.9 Å². The number of rotatable bonds is 5. The SMILES string of the molecule is CCC.COc1cccc(-c2cc(F)c(NC(=O)c3ccccc3C(=O)O)c(Cl)c2)c1. The predicted octanol–water partition coefficient (Wildman–Crippen LogP) is 6.52. The van der Waals surface area contributed by atoms with E-state index in [-0.39, 0.29) is 21.8 Å². The number of hydrogen-bond donors (Lipinski definition) is 2. The number of nitrogens with one attached hydrogen (secondary N) is 1. The molecule has 3 aromatic carbocycles. The molecule has 0 unspecified atom stereocenters. The van der Waals surface area contributed by atoms with E-state index in [0.29, 0.717) is 16.9 Å². The van der Waals surface area contributed by atoms with Gasteiger partial charge < -0.3 is 15.2 Å². The van der Waals surface area contributed by atoms with E-state index in [4.69, 9.17) is 16.3 Å². The van der Waals surface area contributed by atoms with Crippen LogP contribution in [0.2, 0.25) is 5.02 Å². The Labute approximate surface area is 185 Å². The lowest BCUT2D eigenvalue weighted by Crippen LogP contribution is -2.17. The number of carbonyl (C=O) groups is 2. The largest absolute Gasteiger partial charge is 0.497 e. The van der Waals surface area contributed by atoms with E-state index >= 15 is 0 Å². The van der Waals surface area contributed by atoms with Crippen LogP contribution in [0.5, 0.6) is 5.75 Å². The number of benzene rings is 3. The van der Waals surface area contributed by atoms with E-state index in [1.807, 2.05) is 0 Å². The second-order valence-corrected chi connectivity index (χ2v) is 6.97. The fraction of sp³-hybridized carbons (Fsp3) is 0.167. The summed E-state index contributed by atoms with van der Waals surface area (Å²) < 4.78 is 19.8. The third kappa shape index (κ3) is 6.06. The van der Waals surface area contributed by atoms with Gasteiger partial charge in [0.1, 0.15) is 11.6 Å². The Morgan fingerprint density at radius 3 is 2.23 bits per heavy atom. The number of amides is 1. The Bertz CT molecular complexity index is 1060. The first-order valence-corrected chi connectivity index (χ1v) is 9.97. The third-order valence-electron chi connectivity index (χ3n) is 4.09. The highest BCUT2D eigenvalue weighted by atomic mass is 35.5. The number of ether oxygens (including phenoxy) is 1. The molecule has 0 bridgehead atoms. The van der Waals surface area contributed by atoms with Gasteiger partial charge in [-0.25, -0.2) is 9.18 Å². The summed E-state index contributed by atoms with van der Waals surface area (Å²) in [5.41, 5.74) is 0.685. The standard InChI is InChI=1S/C21H15ClFNO4.C3H8/c1-28-14-6-4-5-12(9-14)13-10-17(22)19(18(23)11-13)24-20(25)15-7-2-3-8-16(15)21(26)27;1-3-2/h2-11H,1H3,(H,24,25)(H,26,27);3H2,1-2H3. The minimum Gasteiger partial charge on any atom is -0.497 e. The van der Waals surface area contributed by atoms with Crippen LogP contribution in [-0.2, 0) is 0 Å². The lowest BCUT2D eigenvalue weighted by atomic mass is 10.0. The van der Waals surface area contributed by atoms with Crippen LogP contribution in [0.1, 0.15) is 41.0 Å². The van der Waals surface area contributed by atoms with E-state index in [9.17, 15) is 19.1 Å². The van der Waals surface area contributed by atoms with Crippen LogP contribution in [0.15, 0.2) is 60.7 Å². The number of carboxylic acid groups (broad SMARTS) is 1. The van der Waals surface area contributed by atoms with Crippen molar-refractivity contribution in [2.24, 2.45) is 0 Å². The average Bonchev–Trinajstić information content (AvgIpc) is 2.76. The summed E-state index contributed by atoms with van der Waals surface area (Å²) in [4.78, 5) is 23.7. The molecule has 0 aromatic heterocycles. The topological polar surface area (TPSA) is 75.6 Å². The minimum atomic E-state index is -1.26. The molecule has 0 radical (unpaired) electrons. The molecule has 0 saturated heterocycles.